The molecule has 1 aromatic carbocycles. The van der Waals surface area contributed by atoms with E-state index in [0.717, 1.165) is 5.56 Å². The quantitative estimate of drug-likeness (QED) is 0.519. The van der Waals surface area contributed by atoms with Crippen LogP contribution in [0.5, 0.6) is 5.75 Å². The van der Waals surface area contributed by atoms with Gasteiger partial charge in [-0.05, 0) is 23.8 Å². The molecule has 0 unspecified atom stereocenters. The molecule has 1 aliphatic rings. The summed E-state index contributed by atoms with van der Waals surface area (Å²) in [6.45, 7) is -0.135. The SMILES string of the molecule is COC(=O)COc1ccc(/C=C2/SC(=S)NC2=O)cc1. The van der Waals surface area contributed by atoms with Gasteiger partial charge in [0.2, 0.25) is 0 Å². The summed E-state index contributed by atoms with van der Waals surface area (Å²) in [7, 11) is 1.30. The molecule has 0 spiro atoms. The number of hydrogen-bond acceptors (Lipinski definition) is 6. The second-order valence-electron chi connectivity index (χ2n) is 3.79. The number of ether oxygens (including phenoxy) is 2. The van der Waals surface area contributed by atoms with Gasteiger partial charge in [-0.25, -0.2) is 4.79 Å². The molecular weight excluding hydrogens is 298 g/mol. The van der Waals surface area contributed by atoms with Crippen LogP contribution in [0.1, 0.15) is 5.56 Å². The standard InChI is InChI=1S/C13H11NO4S2/c1-17-11(15)7-18-9-4-2-8(3-5-9)6-10-12(16)14-13(19)20-10/h2-6H,7H2,1H3,(H,14,16,19)/b10-6+. The minimum Gasteiger partial charge on any atom is -0.482 e. The Morgan fingerprint density at radius 1 is 1.40 bits per heavy atom. The smallest absolute Gasteiger partial charge is 0.343 e. The van der Waals surface area contributed by atoms with Gasteiger partial charge in [-0.2, -0.15) is 0 Å². The Bertz CT molecular complexity index is 581. The number of nitrogens with one attached hydrogen (secondary N) is 1. The zero-order valence-corrected chi connectivity index (χ0v) is 12.2. The van der Waals surface area contributed by atoms with Gasteiger partial charge in [-0.1, -0.05) is 36.1 Å². The van der Waals surface area contributed by atoms with Crippen LogP contribution in [0.3, 0.4) is 0 Å². The molecule has 20 heavy (non-hydrogen) atoms. The first-order valence-electron chi connectivity index (χ1n) is 5.63. The molecule has 2 rings (SSSR count). The fourth-order valence-electron chi connectivity index (χ4n) is 1.43. The Morgan fingerprint density at radius 2 is 2.10 bits per heavy atom. The first-order valence-corrected chi connectivity index (χ1v) is 6.85. The van der Waals surface area contributed by atoms with Crippen LogP contribution in [0.25, 0.3) is 6.08 Å². The number of benzene rings is 1. The number of esters is 1. The van der Waals surface area contributed by atoms with Gasteiger partial charge >= 0.3 is 5.97 Å². The maximum Gasteiger partial charge on any atom is 0.343 e. The molecule has 5 nitrogen and oxygen atoms in total. The summed E-state index contributed by atoms with van der Waals surface area (Å²) in [6, 6.07) is 7.00. The molecule has 7 heteroatoms. The van der Waals surface area contributed by atoms with Crippen LogP contribution >= 0.6 is 24.0 Å². The first-order chi connectivity index (χ1) is 9.58. The summed E-state index contributed by atoms with van der Waals surface area (Å²) in [5, 5.41) is 2.55. The van der Waals surface area contributed by atoms with Gasteiger partial charge in [0, 0.05) is 0 Å². The summed E-state index contributed by atoms with van der Waals surface area (Å²) in [6.07, 6.45) is 1.74. The lowest BCUT2D eigenvalue weighted by atomic mass is 10.2. The number of carbonyl (C=O) groups is 2. The zero-order valence-electron chi connectivity index (χ0n) is 10.5. The topological polar surface area (TPSA) is 64.6 Å². The third-order valence-electron chi connectivity index (χ3n) is 2.40. The van der Waals surface area contributed by atoms with E-state index < -0.39 is 5.97 Å². The number of thiocarbonyl (C=S) groups is 1. The minimum atomic E-state index is -0.441. The van der Waals surface area contributed by atoms with Crippen molar-refractivity contribution in [3.8, 4) is 5.75 Å². The van der Waals surface area contributed by atoms with Gasteiger partial charge in [-0.15, -0.1) is 0 Å². The second-order valence-corrected chi connectivity index (χ2v) is 5.50. The Labute approximate surface area is 125 Å². The lowest BCUT2D eigenvalue weighted by molar-refractivity contribution is -0.142. The molecule has 1 aromatic rings. The van der Waals surface area contributed by atoms with Gasteiger partial charge in [0.15, 0.2) is 6.61 Å². The fraction of sp³-hybridized carbons (Fsp3) is 0.154. The molecule has 1 heterocycles. The lowest BCUT2D eigenvalue weighted by Crippen LogP contribution is -2.17. The predicted octanol–water partition coefficient (Wildman–Crippen LogP) is 1.73. The third-order valence-corrected chi connectivity index (χ3v) is 3.57. The van der Waals surface area contributed by atoms with Gasteiger partial charge in [0.1, 0.15) is 10.1 Å². The van der Waals surface area contributed by atoms with Crippen molar-refractivity contribution in [1.29, 1.82) is 0 Å². The van der Waals surface area contributed by atoms with Crippen molar-refractivity contribution in [3.63, 3.8) is 0 Å². The van der Waals surface area contributed by atoms with Crippen LogP contribution in [0.2, 0.25) is 0 Å². The van der Waals surface area contributed by atoms with E-state index in [1.165, 1.54) is 18.9 Å². The van der Waals surface area contributed by atoms with E-state index in [1.54, 1.807) is 30.3 Å². The molecular formula is C13H11NO4S2. The monoisotopic (exact) mass is 309 g/mol. The van der Waals surface area contributed by atoms with Gasteiger partial charge in [0.25, 0.3) is 5.91 Å². The largest absolute Gasteiger partial charge is 0.482 e. The van der Waals surface area contributed by atoms with Crippen molar-refractivity contribution in [2.75, 3.05) is 13.7 Å². The second kappa shape index (κ2) is 6.53. The maximum absolute atomic E-state index is 11.5. The lowest BCUT2D eigenvalue weighted by Gasteiger charge is -2.04. The molecule has 104 valence electrons. The highest BCUT2D eigenvalue weighted by Gasteiger charge is 2.21. The van der Waals surface area contributed by atoms with Crippen molar-refractivity contribution in [2.45, 2.75) is 0 Å². The molecule has 0 radical (unpaired) electrons. The minimum absolute atomic E-state index is 0.135. The van der Waals surface area contributed by atoms with Crippen LogP contribution < -0.4 is 10.1 Å². The van der Waals surface area contributed by atoms with E-state index in [9.17, 15) is 9.59 Å². The van der Waals surface area contributed by atoms with Gasteiger partial charge in [0.05, 0.1) is 12.0 Å². The van der Waals surface area contributed by atoms with Crippen LogP contribution in [0.4, 0.5) is 0 Å². The number of rotatable bonds is 4. The normalized spacial score (nSPS) is 16.1. The van der Waals surface area contributed by atoms with E-state index in [1.807, 2.05) is 0 Å². The van der Waals surface area contributed by atoms with Crippen LogP contribution in [0, 0.1) is 0 Å². The summed E-state index contributed by atoms with van der Waals surface area (Å²) in [4.78, 5) is 23.0. The average Bonchev–Trinajstić information content (AvgIpc) is 2.75. The molecule has 1 saturated heterocycles. The van der Waals surface area contributed by atoms with Crippen molar-refractivity contribution >= 4 is 46.3 Å². The Kier molecular flexibility index (Phi) is 4.75. The molecule has 1 amide bonds. The van der Waals surface area contributed by atoms with Crippen LogP contribution in [-0.4, -0.2) is 29.9 Å². The van der Waals surface area contributed by atoms with Gasteiger partial charge < -0.3 is 14.8 Å². The average molecular weight is 309 g/mol. The Morgan fingerprint density at radius 3 is 2.65 bits per heavy atom. The molecule has 1 aliphatic heterocycles. The van der Waals surface area contributed by atoms with Crippen molar-refractivity contribution in [1.82, 2.24) is 5.32 Å². The zero-order chi connectivity index (χ0) is 14.5. The maximum atomic E-state index is 11.5. The number of hydrogen-bond donors (Lipinski definition) is 1. The molecule has 0 saturated carbocycles. The summed E-state index contributed by atoms with van der Waals surface area (Å²) < 4.78 is 10.2. The Hall–Kier alpha value is -1.86. The molecule has 1 N–H and O–H groups in total. The van der Waals surface area contributed by atoms with Crippen molar-refractivity contribution in [2.24, 2.45) is 0 Å². The van der Waals surface area contributed by atoms with E-state index in [0.29, 0.717) is 15.0 Å². The molecule has 0 aliphatic carbocycles. The molecule has 0 atom stereocenters. The molecule has 1 fully saturated rings. The highest BCUT2D eigenvalue weighted by Crippen LogP contribution is 2.26. The number of thioether (sulfide) groups is 1. The third kappa shape index (κ3) is 3.82. The Balaban J connectivity index is 2.01. The number of methoxy groups -OCH3 is 1. The van der Waals surface area contributed by atoms with E-state index in [4.69, 9.17) is 17.0 Å². The highest BCUT2D eigenvalue weighted by molar-refractivity contribution is 8.26. The predicted molar refractivity (Wildman–Crippen MR) is 80.3 cm³/mol. The van der Waals surface area contributed by atoms with E-state index in [-0.39, 0.29) is 12.5 Å². The highest BCUT2D eigenvalue weighted by atomic mass is 32.2. The molecule has 0 aromatic heterocycles. The summed E-state index contributed by atoms with van der Waals surface area (Å²) in [5.74, 6) is -0.0775. The first kappa shape index (κ1) is 14.5. The van der Waals surface area contributed by atoms with E-state index >= 15 is 0 Å². The number of amides is 1. The fourth-order valence-corrected chi connectivity index (χ4v) is 2.48. The van der Waals surface area contributed by atoms with Crippen molar-refractivity contribution < 1.29 is 19.1 Å². The van der Waals surface area contributed by atoms with Gasteiger partial charge in [-0.3, -0.25) is 4.79 Å². The number of carbonyl (C=O) groups excluding carboxylic acids is 2. The molecule has 0 bridgehead atoms. The van der Waals surface area contributed by atoms with Crippen molar-refractivity contribution in [3.05, 3.63) is 34.7 Å². The summed E-state index contributed by atoms with van der Waals surface area (Å²) >= 11 is 6.14. The van der Waals surface area contributed by atoms with Crippen LogP contribution in [-0.2, 0) is 14.3 Å². The van der Waals surface area contributed by atoms with Crippen LogP contribution in [0.15, 0.2) is 29.2 Å². The van der Waals surface area contributed by atoms with E-state index in [2.05, 4.69) is 10.1 Å². The summed E-state index contributed by atoms with van der Waals surface area (Å²) in [5.41, 5.74) is 0.845.